The fourth-order valence-electron chi connectivity index (χ4n) is 6.55. The van der Waals surface area contributed by atoms with Crippen LogP contribution < -0.4 is 5.32 Å². The quantitative estimate of drug-likeness (QED) is 0.0324. The molecule has 9 atom stereocenters. The first-order chi connectivity index (χ1) is 24.7. The van der Waals surface area contributed by atoms with Crippen LogP contribution in [0.1, 0.15) is 168 Å². The highest BCUT2D eigenvalue weighted by molar-refractivity contribution is 5.80. The van der Waals surface area contributed by atoms with Crippen molar-refractivity contribution < 1.29 is 50.0 Å². The van der Waals surface area contributed by atoms with Crippen molar-refractivity contribution in [3.63, 3.8) is 0 Å². The highest BCUT2D eigenvalue weighted by Gasteiger charge is 2.44. The number of aliphatic hydroxyl groups is 7. The van der Waals surface area contributed by atoms with Gasteiger partial charge in [0.2, 0.25) is 5.91 Å². The molecule has 1 aliphatic heterocycles. The number of carbonyl (C=O) groups excluding carboxylic acids is 1. The maximum Gasteiger partial charge on any atom is 0.249 e. The first-order valence-corrected chi connectivity index (χ1v) is 20.6. The molecule has 1 heterocycles. The van der Waals surface area contributed by atoms with Gasteiger partial charge in [-0.15, -0.1) is 0 Å². The zero-order valence-corrected chi connectivity index (χ0v) is 32.1. The van der Waals surface area contributed by atoms with Gasteiger partial charge in [-0.3, -0.25) is 4.79 Å². The van der Waals surface area contributed by atoms with E-state index < -0.39 is 74.2 Å². The van der Waals surface area contributed by atoms with E-state index in [0.29, 0.717) is 19.3 Å². The summed E-state index contributed by atoms with van der Waals surface area (Å²) in [6.07, 6.45) is 18.4. The fourth-order valence-corrected chi connectivity index (χ4v) is 6.55. The van der Waals surface area contributed by atoms with Crippen LogP contribution in [0.4, 0.5) is 0 Å². The zero-order chi connectivity index (χ0) is 37.7. The Balaban J connectivity index is 2.55. The molecular weight excluding hydrogens is 654 g/mol. The summed E-state index contributed by atoms with van der Waals surface area (Å²) in [7, 11) is 0. The van der Waals surface area contributed by atoms with Gasteiger partial charge < -0.3 is 50.5 Å². The lowest BCUT2D eigenvalue weighted by Crippen LogP contribution is -2.60. The topological polar surface area (TPSA) is 189 Å². The van der Waals surface area contributed by atoms with Gasteiger partial charge in [0.1, 0.15) is 36.6 Å². The molecule has 1 fully saturated rings. The standard InChI is InChI=1S/C40H77NO10/c1-3-5-7-9-11-13-15-17-19-21-23-25-27-32(43)35(45)31(30-50-40-38(48)37(47)36(46)34(29-42)51-40)41-39(49)33(44)28-26-24-22-20-18-16-14-12-10-8-6-4-2/h13,15,31-38,40,42-48H,3-12,14,16-30H2,1-2H3,(H,41,49)/t31-,32+,33+,34+,35-,36+,37-,38+,40+/m0/s1. The molecule has 0 aliphatic carbocycles. The normalized spacial score (nSPS) is 23.4. The van der Waals surface area contributed by atoms with Gasteiger partial charge in [0.05, 0.1) is 25.4 Å². The maximum absolute atomic E-state index is 13.0. The molecule has 0 bridgehead atoms. The average molecular weight is 732 g/mol. The third-order valence-corrected chi connectivity index (χ3v) is 10.1. The smallest absolute Gasteiger partial charge is 0.249 e. The highest BCUT2D eigenvalue weighted by Crippen LogP contribution is 2.23. The Morgan fingerprint density at radius 2 is 1.14 bits per heavy atom. The van der Waals surface area contributed by atoms with Gasteiger partial charge in [-0.25, -0.2) is 0 Å². The lowest BCUT2D eigenvalue weighted by Gasteiger charge is -2.40. The second-order valence-corrected chi connectivity index (χ2v) is 14.7. The summed E-state index contributed by atoms with van der Waals surface area (Å²) in [5.41, 5.74) is 0. The van der Waals surface area contributed by atoms with Crippen LogP contribution >= 0.6 is 0 Å². The van der Waals surface area contributed by atoms with Gasteiger partial charge >= 0.3 is 0 Å². The highest BCUT2D eigenvalue weighted by atomic mass is 16.7. The summed E-state index contributed by atoms with van der Waals surface area (Å²) in [5, 5.41) is 75.3. The van der Waals surface area contributed by atoms with Crippen molar-refractivity contribution in [2.24, 2.45) is 0 Å². The van der Waals surface area contributed by atoms with Gasteiger partial charge in [-0.2, -0.15) is 0 Å². The lowest BCUT2D eigenvalue weighted by molar-refractivity contribution is -0.303. The lowest BCUT2D eigenvalue weighted by atomic mass is 9.98. The van der Waals surface area contributed by atoms with Crippen molar-refractivity contribution in [2.45, 2.75) is 223 Å². The third kappa shape index (κ3) is 22.0. The molecule has 0 aromatic rings. The molecule has 1 rings (SSSR count). The number of hydrogen-bond donors (Lipinski definition) is 8. The van der Waals surface area contributed by atoms with E-state index in [1.807, 2.05) is 0 Å². The summed E-state index contributed by atoms with van der Waals surface area (Å²) in [6.45, 7) is 3.38. The Hall–Kier alpha value is -1.15. The van der Waals surface area contributed by atoms with Crippen LogP contribution in [0.2, 0.25) is 0 Å². The number of hydrogen-bond acceptors (Lipinski definition) is 10. The minimum atomic E-state index is -1.66. The number of allylic oxidation sites excluding steroid dienone is 2. The molecule has 11 nitrogen and oxygen atoms in total. The second kappa shape index (κ2) is 31.2. The SMILES string of the molecule is CCCCCCC=CCCCCCC[C@@H](O)[C@@H](O)[C@H](CO[C@@H]1O[C@H](CO)[C@@H](O)[C@H](O)[C@H]1O)NC(=O)[C@H](O)CCCCCCCCCCCCCC. The van der Waals surface area contributed by atoms with Gasteiger partial charge in [-0.05, 0) is 38.5 Å². The van der Waals surface area contributed by atoms with E-state index >= 15 is 0 Å². The number of nitrogens with one attached hydrogen (secondary N) is 1. The van der Waals surface area contributed by atoms with E-state index in [2.05, 4.69) is 31.3 Å². The van der Waals surface area contributed by atoms with Crippen molar-refractivity contribution >= 4 is 5.91 Å². The number of aliphatic hydroxyl groups excluding tert-OH is 7. The Morgan fingerprint density at radius 1 is 0.667 bits per heavy atom. The Labute approximate surface area is 309 Å². The zero-order valence-electron chi connectivity index (χ0n) is 32.1. The van der Waals surface area contributed by atoms with Crippen LogP contribution in [-0.2, 0) is 14.3 Å². The van der Waals surface area contributed by atoms with E-state index in [9.17, 15) is 40.5 Å². The van der Waals surface area contributed by atoms with Crippen molar-refractivity contribution in [3.8, 4) is 0 Å². The van der Waals surface area contributed by atoms with Gasteiger partial charge in [0.25, 0.3) is 0 Å². The summed E-state index contributed by atoms with van der Waals surface area (Å²) in [5.74, 6) is -0.704. The molecule has 8 N–H and O–H groups in total. The predicted molar refractivity (Wildman–Crippen MR) is 201 cm³/mol. The van der Waals surface area contributed by atoms with Crippen molar-refractivity contribution in [1.29, 1.82) is 0 Å². The molecule has 1 aliphatic rings. The van der Waals surface area contributed by atoms with E-state index in [1.165, 1.54) is 77.0 Å². The number of carbonyl (C=O) groups is 1. The molecule has 51 heavy (non-hydrogen) atoms. The van der Waals surface area contributed by atoms with Crippen LogP contribution in [-0.4, -0.2) is 110 Å². The van der Waals surface area contributed by atoms with Gasteiger partial charge in [0, 0.05) is 0 Å². The van der Waals surface area contributed by atoms with Gasteiger partial charge in [-0.1, -0.05) is 142 Å². The van der Waals surface area contributed by atoms with Crippen LogP contribution in [0, 0.1) is 0 Å². The molecule has 0 radical (unpaired) electrons. The van der Waals surface area contributed by atoms with Crippen LogP contribution in [0.15, 0.2) is 12.2 Å². The molecule has 11 heteroatoms. The average Bonchev–Trinajstić information content (AvgIpc) is 3.13. The number of amides is 1. The van der Waals surface area contributed by atoms with Crippen LogP contribution in [0.5, 0.6) is 0 Å². The summed E-state index contributed by atoms with van der Waals surface area (Å²) < 4.78 is 11.0. The molecule has 1 amide bonds. The molecule has 0 aromatic carbocycles. The molecule has 0 aromatic heterocycles. The summed E-state index contributed by atoms with van der Waals surface area (Å²) in [6, 6.07) is -1.17. The predicted octanol–water partition coefficient (Wildman–Crippen LogP) is 5.33. The third-order valence-electron chi connectivity index (χ3n) is 10.1. The molecule has 0 spiro atoms. The number of ether oxygens (including phenoxy) is 2. The maximum atomic E-state index is 13.0. The number of unbranched alkanes of at least 4 members (excludes halogenated alkanes) is 19. The Morgan fingerprint density at radius 3 is 1.67 bits per heavy atom. The molecular formula is C40H77NO10. The Kier molecular flexibility index (Phi) is 29.3. The first kappa shape index (κ1) is 47.9. The first-order valence-electron chi connectivity index (χ1n) is 20.6. The van der Waals surface area contributed by atoms with E-state index in [0.717, 1.165) is 51.4 Å². The van der Waals surface area contributed by atoms with Gasteiger partial charge in [0.15, 0.2) is 6.29 Å². The summed E-state index contributed by atoms with van der Waals surface area (Å²) >= 11 is 0. The van der Waals surface area contributed by atoms with E-state index in [1.54, 1.807) is 0 Å². The van der Waals surface area contributed by atoms with E-state index in [-0.39, 0.29) is 6.42 Å². The monoisotopic (exact) mass is 732 g/mol. The Bertz CT molecular complexity index is 846. The minimum absolute atomic E-state index is 0.260. The molecule has 1 saturated heterocycles. The largest absolute Gasteiger partial charge is 0.394 e. The van der Waals surface area contributed by atoms with Crippen molar-refractivity contribution in [2.75, 3.05) is 13.2 Å². The molecule has 0 saturated carbocycles. The number of rotatable bonds is 33. The van der Waals surface area contributed by atoms with E-state index in [4.69, 9.17) is 9.47 Å². The molecule has 302 valence electrons. The molecule has 0 unspecified atom stereocenters. The fraction of sp³-hybridized carbons (Fsp3) is 0.925. The van der Waals surface area contributed by atoms with Crippen LogP contribution in [0.25, 0.3) is 0 Å². The van der Waals surface area contributed by atoms with Crippen molar-refractivity contribution in [3.05, 3.63) is 12.2 Å². The minimum Gasteiger partial charge on any atom is -0.394 e. The van der Waals surface area contributed by atoms with Crippen molar-refractivity contribution in [1.82, 2.24) is 5.32 Å². The second-order valence-electron chi connectivity index (χ2n) is 14.7. The van der Waals surface area contributed by atoms with Crippen LogP contribution in [0.3, 0.4) is 0 Å². The summed E-state index contributed by atoms with van der Waals surface area (Å²) in [4.78, 5) is 13.0.